The lowest BCUT2D eigenvalue weighted by Gasteiger charge is -2.42. The van der Waals surface area contributed by atoms with Gasteiger partial charge in [-0.25, -0.2) is 0 Å². The zero-order valence-electron chi connectivity index (χ0n) is 10.6. The minimum atomic E-state index is -0.448. The Bertz CT molecular complexity index is 483. The number of nitrogens with one attached hydrogen (secondary N) is 1. The summed E-state index contributed by atoms with van der Waals surface area (Å²) >= 11 is 3.29. The van der Waals surface area contributed by atoms with Gasteiger partial charge in [-0.2, -0.15) is 0 Å². The highest BCUT2D eigenvalue weighted by Crippen LogP contribution is 2.38. The second-order valence-electron chi connectivity index (χ2n) is 4.33. The third kappa shape index (κ3) is 2.72. The first-order chi connectivity index (χ1) is 9.08. The second kappa shape index (κ2) is 5.85. The van der Waals surface area contributed by atoms with E-state index in [0.29, 0.717) is 4.47 Å². The van der Waals surface area contributed by atoms with E-state index in [4.69, 9.17) is 9.47 Å². The molecule has 0 saturated heterocycles. The van der Waals surface area contributed by atoms with Gasteiger partial charge in [0.15, 0.2) is 0 Å². The number of methoxy groups -OCH3 is 1. The first kappa shape index (κ1) is 14.2. The number of nitro benzene ring substituents is 1. The molecule has 0 spiro atoms. The second-order valence-corrected chi connectivity index (χ2v) is 5.19. The van der Waals surface area contributed by atoms with Crippen molar-refractivity contribution in [3.8, 4) is 5.75 Å². The van der Waals surface area contributed by atoms with E-state index >= 15 is 0 Å². The monoisotopic (exact) mass is 330 g/mol. The van der Waals surface area contributed by atoms with Crippen LogP contribution >= 0.6 is 15.9 Å². The summed E-state index contributed by atoms with van der Waals surface area (Å²) in [6.07, 6.45) is 0.476. The molecule has 1 N–H and O–H groups in total. The molecule has 0 bridgehead atoms. The molecule has 1 saturated carbocycles. The van der Waals surface area contributed by atoms with Crippen molar-refractivity contribution in [1.29, 1.82) is 0 Å². The van der Waals surface area contributed by atoms with E-state index in [-0.39, 0.29) is 29.7 Å². The SMILES string of the molecule is CNC1CC(Oc2c(Br)cccc2[N+](=O)[O-])C1OC. The fraction of sp³-hybridized carbons (Fsp3) is 0.500. The van der Waals surface area contributed by atoms with E-state index in [1.54, 1.807) is 19.2 Å². The van der Waals surface area contributed by atoms with Gasteiger partial charge in [0.25, 0.3) is 0 Å². The molecule has 1 aliphatic carbocycles. The van der Waals surface area contributed by atoms with Crippen LogP contribution in [0.5, 0.6) is 5.75 Å². The number of likely N-dealkylation sites (N-methyl/N-ethyl adjacent to an activating group) is 1. The number of halogens is 1. The molecule has 104 valence electrons. The number of hydrogen-bond donors (Lipinski definition) is 1. The number of para-hydroxylation sites is 1. The Morgan fingerprint density at radius 3 is 2.84 bits per heavy atom. The Morgan fingerprint density at radius 2 is 2.26 bits per heavy atom. The minimum absolute atomic E-state index is 0.0443. The van der Waals surface area contributed by atoms with Crippen molar-refractivity contribution in [2.75, 3.05) is 14.2 Å². The average Bonchev–Trinajstić information content (AvgIpc) is 2.35. The standard InChI is InChI=1S/C12H15BrN2O4/c1-14-8-6-10(12(8)18-2)19-11-7(13)4-3-5-9(11)15(16)17/h3-5,8,10,12,14H,6H2,1-2H3. The van der Waals surface area contributed by atoms with Gasteiger partial charge >= 0.3 is 5.69 Å². The molecule has 0 aromatic heterocycles. The molecule has 6 nitrogen and oxygen atoms in total. The van der Waals surface area contributed by atoms with Gasteiger partial charge in [-0.1, -0.05) is 6.07 Å². The maximum atomic E-state index is 11.0. The lowest BCUT2D eigenvalue weighted by Crippen LogP contribution is -2.60. The number of benzene rings is 1. The maximum Gasteiger partial charge on any atom is 0.312 e. The van der Waals surface area contributed by atoms with E-state index in [1.807, 2.05) is 7.05 Å². The van der Waals surface area contributed by atoms with Crippen LogP contribution in [-0.4, -0.2) is 37.3 Å². The molecule has 1 aromatic rings. The molecular formula is C12H15BrN2O4. The van der Waals surface area contributed by atoms with E-state index in [2.05, 4.69) is 21.2 Å². The summed E-state index contributed by atoms with van der Waals surface area (Å²) in [5, 5.41) is 14.1. The zero-order valence-corrected chi connectivity index (χ0v) is 12.2. The minimum Gasteiger partial charge on any atom is -0.480 e. The van der Waals surface area contributed by atoms with Crippen LogP contribution in [0.15, 0.2) is 22.7 Å². The average molecular weight is 331 g/mol. The smallest absolute Gasteiger partial charge is 0.312 e. The molecule has 0 heterocycles. The predicted octanol–water partition coefficient (Wildman–Crippen LogP) is 2.11. The third-order valence-corrected chi connectivity index (χ3v) is 3.93. The number of hydrogen-bond acceptors (Lipinski definition) is 5. The van der Waals surface area contributed by atoms with Gasteiger partial charge < -0.3 is 14.8 Å². The predicted molar refractivity (Wildman–Crippen MR) is 73.5 cm³/mol. The molecule has 7 heteroatoms. The lowest BCUT2D eigenvalue weighted by molar-refractivity contribution is -0.386. The van der Waals surface area contributed by atoms with E-state index < -0.39 is 4.92 Å². The highest BCUT2D eigenvalue weighted by atomic mass is 79.9. The Kier molecular flexibility index (Phi) is 4.38. The van der Waals surface area contributed by atoms with E-state index in [0.717, 1.165) is 6.42 Å². The molecular weight excluding hydrogens is 316 g/mol. The Morgan fingerprint density at radius 1 is 1.53 bits per heavy atom. The molecule has 1 aromatic carbocycles. The molecule has 0 amide bonds. The molecule has 2 rings (SSSR count). The van der Waals surface area contributed by atoms with Gasteiger partial charge in [0.1, 0.15) is 12.2 Å². The normalized spacial score (nSPS) is 25.7. The van der Waals surface area contributed by atoms with Crippen LogP contribution in [0.1, 0.15) is 6.42 Å². The van der Waals surface area contributed by atoms with Crippen LogP contribution in [0.4, 0.5) is 5.69 Å². The van der Waals surface area contributed by atoms with Crippen LogP contribution in [0.2, 0.25) is 0 Å². The summed E-state index contributed by atoms with van der Waals surface area (Å²) in [6, 6.07) is 4.98. The van der Waals surface area contributed by atoms with E-state index in [9.17, 15) is 10.1 Å². The number of nitro groups is 1. The van der Waals surface area contributed by atoms with Crippen molar-refractivity contribution in [1.82, 2.24) is 5.32 Å². The van der Waals surface area contributed by atoms with Gasteiger partial charge in [-0.05, 0) is 29.0 Å². The molecule has 3 atom stereocenters. The van der Waals surface area contributed by atoms with Crippen molar-refractivity contribution < 1.29 is 14.4 Å². The van der Waals surface area contributed by atoms with Crippen molar-refractivity contribution in [3.05, 3.63) is 32.8 Å². The van der Waals surface area contributed by atoms with Crippen LogP contribution < -0.4 is 10.1 Å². The zero-order chi connectivity index (χ0) is 14.0. The summed E-state index contributed by atoms with van der Waals surface area (Å²) in [4.78, 5) is 10.5. The molecule has 1 fully saturated rings. The van der Waals surface area contributed by atoms with E-state index in [1.165, 1.54) is 6.07 Å². The number of ether oxygens (including phenoxy) is 2. The van der Waals surface area contributed by atoms with Crippen LogP contribution in [0.25, 0.3) is 0 Å². The van der Waals surface area contributed by atoms with Gasteiger partial charge in [0.05, 0.1) is 9.40 Å². The first-order valence-electron chi connectivity index (χ1n) is 5.88. The maximum absolute atomic E-state index is 11.0. The Hall–Kier alpha value is -1.18. The van der Waals surface area contributed by atoms with Gasteiger partial charge in [0.2, 0.25) is 5.75 Å². The highest BCUT2D eigenvalue weighted by Gasteiger charge is 2.43. The molecule has 19 heavy (non-hydrogen) atoms. The third-order valence-electron chi connectivity index (χ3n) is 3.30. The number of nitrogens with zero attached hydrogens (tertiary/aromatic N) is 1. The summed E-state index contributed by atoms with van der Waals surface area (Å²) in [7, 11) is 3.47. The van der Waals surface area contributed by atoms with Crippen LogP contribution in [-0.2, 0) is 4.74 Å². The highest BCUT2D eigenvalue weighted by molar-refractivity contribution is 9.10. The van der Waals surface area contributed by atoms with Crippen LogP contribution in [0.3, 0.4) is 0 Å². The quantitative estimate of drug-likeness (QED) is 0.661. The van der Waals surface area contributed by atoms with Crippen molar-refractivity contribution in [2.45, 2.75) is 24.7 Å². The van der Waals surface area contributed by atoms with Gasteiger partial charge in [0, 0.05) is 25.6 Å². The van der Waals surface area contributed by atoms with Crippen molar-refractivity contribution in [2.24, 2.45) is 0 Å². The molecule has 1 aliphatic rings. The lowest BCUT2D eigenvalue weighted by atomic mass is 9.85. The largest absolute Gasteiger partial charge is 0.480 e. The van der Waals surface area contributed by atoms with Gasteiger partial charge in [-0.15, -0.1) is 0 Å². The summed E-state index contributed by atoms with van der Waals surface area (Å²) in [5.41, 5.74) is -0.0443. The van der Waals surface area contributed by atoms with Crippen molar-refractivity contribution in [3.63, 3.8) is 0 Å². The topological polar surface area (TPSA) is 73.6 Å². The molecule has 0 aliphatic heterocycles. The summed E-state index contributed by atoms with van der Waals surface area (Å²) < 4.78 is 11.7. The van der Waals surface area contributed by atoms with Gasteiger partial charge in [-0.3, -0.25) is 10.1 Å². The fourth-order valence-electron chi connectivity index (χ4n) is 2.20. The summed E-state index contributed by atoms with van der Waals surface area (Å²) in [6.45, 7) is 0. The molecule has 0 radical (unpaired) electrons. The fourth-order valence-corrected chi connectivity index (χ4v) is 2.65. The van der Waals surface area contributed by atoms with Crippen LogP contribution in [0, 0.1) is 10.1 Å². The Labute approximate surface area is 119 Å². The number of rotatable bonds is 5. The first-order valence-corrected chi connectivity index (χ1v) is 6.67. The Balaban J connectivity index is 2.18. The van der Waals surface area contributed by atoms with Crippen molar-refractivity contribution >= 4 is 21.6 Å². The molecule has 3 unspecified atom stereocenters. The summed E-state index contributed by atoms with van der Waals surface area (Å²) in [5.74, 6) is 0.258.